The maximum atomic E-state index is 6.20. The average Bonchev–Trinajstić information content (AvgIpc) is 2.54. The zero-order chi connectivity index (χ0) is 15.4. The molecule has 0 amide bonds. The van der Waals surface area contributed by atoms with Crippen LogP contribution in [0.2, 0.25) is 5.02 Å². The molecule has 3 rings (SSSR count). The van der Waals surface area contributed by atoms with Gasteiger partial charge in [0.15, 0.2) is 11.6 Å². The SMILES string of the molecule is Nc1c(Nc2ccc(Cl)cc2)ncnc1NC1CCCCC1. The first-order valence-electron chi connectivity index (χ1n) is 7.62. The lowest BCUT2D eigenvalue weighted by atomic mass is 9.95. The summed E-state index contributed by atoms with van der Waals surface area (Å²) in [7, 11) is 0. The Morgan fingerprint density at radius 1 is 1.00 bits per heavy atom. The molecule has 1 fully saturated rings. The van der Waals surface area contributed by atoms with Crippen LogP contribution < -0.4 is 16.4 Å². The number of nitrogen functional groups attached to an aromatic ring is 1. The first kappa shape index (κ1) is 14.9. The second-order valence-electron chi connectivity index (χ2n) is 5.60. The molecule has 4 N–H and O–H groups in total. The summed E-state index contributed by atoms with van der Waals surface area (Å²) in [5, 5.41) is 7.34. The van der Waals surface area contributed by atoms with E-state index in [9.17, 15) is 0 Å². The molecule has 1 aromatic carbocycles. The van der Waals surface area contributed by atoms with Crippen LogP contribution in [0.5, 0.6) is 0 Å². The van der Waals surface area contributed by atoms with Crippen molar-refractivity contribution in [1.82, 2.24) is 9.97 Å². The predicted molar refractivity (Wildman–Crippen MR) is 91.7 cm³/mol. The highest BCUT2D eigenvalue weighted by atomic mass is 35.5. The van der Waals surface area contributed by atoms with Crippen molar-refractivity contribution in [3.63, 3.8) is 0 Å². The summed E-state index contributed by atoms with van der Waals surface area (Å²) in [4.78, 5) is 8.51. The lowest BCUT2D eigenvalue weighted by Gasteiger charge is -2.24. The molecule has 0 atom stereocenters. The van der Waals surface area contributed by atoms with Gasteiger partial charge in [0.1, 0.15) is 12.0 Å². The number of nitrogens with one attached hydrogen (secondary N) is 2. The molecule has 116 valence electrons. The van der Waals surface area contributed by atoms with E-state index in [1.165, 1.54) is 38.4 Å². The Labute approximate surface area is 135 Å². The summed E-state index contributed by atoms with van der Waals surface area (Å²) in [6.45, 7) is 0. The lowest BCUT2D eigenvalue weighted by Crippen LogP contribution is -2.23. The van der Waals surface area contributed by atoms with Gasteiger partial charge in [-0.2, -0.15) is 0 Å². The summed E-state index contributed by atoms with van der Waals surface area (Å²) >= 11 is 5.89. The van der Waals surface area contributed by atoms with Crippen LogP contribution in [0.3, 0.4) is 0 Å². The number of aromatic nitrogens is 2. The minimum Gasteiger partial charge on any atom is -0.393 e. The van der Waals surface area contributed by atoms with Gasteiger partial charge in [-0.3, -0.25) is 0 Å². The summed E-state index contributed by atoms with van der Waals surface area (Å²) in [5.74, 6) is 1.31. The fourth-order valence-electron chi connectivity index (χ4n) is 2.72. The standard InChI is InChI=1S/C16H20ClN5/c17-11-6-8-13(9-7-11)22-16-14(18)15(19-10-20-16)21-12-4-2-1-3-5-12/h6-10,12H,1-5,18H2,(H2,19,20,21,22). The summed E-state index contributed by atoms with van der Waals surface area (Å²) < 4.78 is 0. The first-order valence-corrected chi connectivity index (χ1v) is 8.00. The highest BCUT2D eigenvalue weighted by molar-refractivity contribution is 6.30. The monoisotopic (exact) mass is 317 g/mol. The van der Waals surface area contributed by atoms with Crippen LogP contribution in [0.15, 0.2) is 30.6 Å². The molecule has 0 spiro atoms. The highest BCUT2D eigenvalue weighted by Gasteiger charge is 2.16. The molecule has 0 aliphatic heterocycles. The first-order chi connectivity index (χ1) is 10.7. The Morgan fingerprint density at radius 3 is 2.41 bits per heavy atom. The molecule has 22 heavy (non-hydrogen) atoms. The molecule has 0 radical (unpaired) electrons. The molecule has 1 saturated carbocycles. The van der Waals surface area contributed by atoms with Crippen LogP contribution >= 0.6 is 11.6 Å². The van der Waals surface area contributed by atoms with Crippen LogP contribution in [0.4, 0.5) is 23.0 Å². The number of hydrogen-bond acceptors (Lipinski definition) is 5. The van der Waals surface area contributed by atoms with Crippen molar-refractivity contribution in [2.45, 2.75) is 38.1 Å². The number of hydrogen-bond donors (Lipinski definition) is 3. The van der Waals surface area contributed by atoms with Gasteiger partial charge < -0.3 is 16.4 Å². The largest absolute Gasteiger partial charge is 0.393 e. The number of halogens is 1. The van der Waals surface area contributed by atoms with Crippen LogP contribution in [-0.2, 0) is 0 Å². The van der Waals surface area contributed by atoms with Crippen LogP contribution in [0, 0.1) is 0 Å². The van der Waals surface area contributed by atoms with Crippen molar-refractivity contribution < 1.29 is 0 Å². The number of benzene rings is 1. The molecule has 0 unspecified atom stereocenters. The third kappa shape index (κ3) is 3.60. The molecule has 1 aliphatic carbocycles. The number of nitrogens with two attached hydrogens (primary N) is 1. The molecule has 1 aromatic heterocycles. The summed E-state index contributed by atoms with van der Waals surface area (Å²) in [5.41, 5.74) is 7.63. The van der Waals surface area contributed by atoms with Crippen molar-refractivity contribution in [3.8, 4) is 0 Å². The Kier molecular flexibility index (Phi) is 4.63. The van der Waals surface area contributed by atoms with Crippen molar-refractivity contribution in [2.75, 3.05) is 16.4 Å². The van der Waals surface area contributed by atoms with Gasteiger partial charge in [0.25, 0.3) is 0 Å². The quantitative estimate of drug-likeness (QED) is 0.788. The molecule has 0 bridgehead atoms. The predicted octanol–water partition coefficient (Wildman–Crippen LogP) is 4.20. The van der Waals surface area contributed by atoms with E-state index in [0.29, 0.717) is 28.4 Å². The smallest absolute Gasteiger partial charge is 0.159 e. The fraction of sp³-hybridized carbons (Fsp3) is 0.375. The van der Waals surface area contributed by atoms with Gasteiger partial charge >= 0.3 is 0 Å². The van der Waals surface area contributed by atoms with E-state index in [2.05, 4.69) is 20.6 Å². The zero-order valence-corrected chi connectivity index (χ0v) is 13.1. The van der Waals surface area contributed by atoms with Gasteiger partial charge in [0, 0.05) is 16.8 Å². The highest BCUT2D eigenvalue weighted by Crippen LogP contribution is 2.29. The van der Waals surface area contributed by atoms with Gasteiger partial charge in [-0.05, 0) is 37.1 Å². The topological polar surface area (TPSA) is 75.9 Å². The number of anilines is 4. The molecule has 1 heterocycles. The second-order valence-corrected chi connectivity index (χ2v) is 6.03. The third-order valence-corrected chi connectivity index (χ3v) is 4.19. The minimum atomic E-state index is 0.453. The van der Waals surface area contributed by atoms with Gasteiger partial charge in [-0.25, -0.2) is 9.97 Å². The van der Waals surface area contributed by atoms with Crippen molar-refractivity contribution in [3.05, 3.63) is 35.6 Å². The van der Waals surface area contributed by atoms with Gasteiger partial charge in [0.2, 0.25) is 0 Å². The van der Waals surface area contributed by atoms with Crippen molar-refractivity contribution >= 4 is 34.6 Å². The van der Waals surface area contributed by atoms with E-state index < -0.39 is 0 Å². The minimum absolute atomic E-state index is 0.453. The normalized spacial score (nSPS) is 15.5. The average molecular weight is 318 g/mol. The van der Waals surface area contributed by atoms with Crippen LogP contribution in [0.1, 0.15) is 32.1 Å². The molecular weight excluding hydrogens is 298 g/mol. The molecule has 0 saturated heterocycles. The van der Waals surface area contributed by atoms with E-state index in [1.54, 1.807) is 0 Å². The zero-order valence-electron chi connectivity index (χ0n) is 12.3. The number of rotatable bonds is 4. The lowest BCUT2D eigenvalue weighted by molar-refractivity contribution is 0.462. The van der Waals surface area contributed by atoms with E-state index >= 15 is 0 Å². The molecule has 2 aromatic rings. The van der Waals surface area contributed by atoms with E-state index in [1.807, 2.05) is 24.3 Å². The molecule has 1 aliphatic rings. The Balaban J connectivity index is 1.74. The van der Waals surface area contributed by atoms with Crippen LogP contribution in [0.25, 0.3) is 0 Å². The van der Waals surface area contributed by atoms with E-state index in [-0.39, 0.29) is 0 Å². The van der Waals surface area contributed by atoms with Gasteiger partial charge in [-0.15, -0.1) is 0 Å². The fourth-order valence-corrected chi connectivity index (χ4v) is 2.85. The Hall–Kier alpha value is -2.01. The molecule has 6 heteroatoms. The third-order valence-electron chi connectivity index (χ3n) is 3.94. The van der Waals surface area contributed by atoms with E-state index in [4.69, 9.17) is 17.3 Å². The van der Waals surface area contributed by atoms with E-state index in [0.717, 1.165) is 5.69 Å². The van der Waals surface area contributed by atoms with Crippen LogP contribution in [-0.4, -0.2) is 16.0 Å². The second kappa shape index (κ2) is 6.83. The number of nitrogens with zero attached hydrogens (tertiary/aromatic N) is 2. The van der Waals surface area contributed by atoms with Gasteiger partial charge in [0.05, 0.1) is 0 Å². The Morgan fingerprint density at radius 2 is 1.68 bits per heavy atom. The summed E-state index contributed by atoms with van der Waals surface area (Å²) in [6, 6.07) is 7.87. The maximum absolute atomic E-state index is 6.20. The summed E-state index contributed by atoms with van der Waals surface area (Å²) in [6.07, 6.45) is 7.71. The maximum Gasteiger partial charge on any atom is 0.159 e. The molecular formula is C16H20ClN5. The van der Waals surface area contributed by atoms with Crippen molar-refractivity contribution in [2.24, 2.45) is 0 Å². The Bertz CT molecular complexity index is 623. The molecule has 5 nitrogen and oxygen atoms in total. The van der Waals surface area contributed by atoms with Crippen molar-refractivity contribution in [1.29, 1.82) is 0 Å². The van der Waals surface area contributed by atoms with Gasteiger partial charge in [-0.1, -0.05) is 30.9 Å².